The Kier molecular flexibility index (Phi) is 7.54. The minimum atomic E-state index is -3.11. The van der Waals surface area contributed by atoms with Crippen LogP contribution in [0.1, 0.15) is 47.0 Å². The van der Waals surface area contributed by atoms with Crippen molar-refractivity contribution >= 4 is 29.7 Å². The molecule has 3 saturated heterocycles. The Bertz CT molecular complexity index is 1470. The molecule has 0 aromatic heterocycles. The quantitative estimate of drug-likeness (QED) is 0.212. The molecule has 3 aliphatic heterocycles. The number of ether oxygens (including phenoxy) is 5. The molecule has 3 heterocycles. The van der Waals surface area contributed by atoms with Crippen LogP contribution < -0.4 is 5.32 Å². The van der Waals surface area contributed by atoms with E-state index >= 15 is 0 Å². The third kappa shape index (κ3) is 4.34. The molecule has 0 unspecified atom stereocenters. The smallest absolute Gasteiger partial charge is 0.348 e. The molecule has 0 aromatic rings. The van der Waals surface area contributed by atoms with Crippen molar-refractivity contribution in [2.45, 2.75) is 88.9 Å². The molecule has 13 nitrogen and oxygen atoms in total. The molecule has 6 rings (SSSR count). The summed E-state index contributed by atoms with van der Waals surface area (Å²) in [5, 5.41) is 26.0. The number of esters is 4. The molecular formula is C31H37F2NO12. The van der Waals surface area contributed by atoms with Crippen LogP contribution in [0.5, 0.6) is 0 Å². The van der Waals surface area contributed by atoms with Crippen LogP contribution in [-0.2, 0) is 47.7 Å². The molecule has 11 atom stereocenters. The first-order valence-electron chi connectivity index (χ1n) is 15.2. The molecule has 46 heavy (non-hydrogen) atoms. The summed E-state index contributed by atoms with van der Waals surface area (Å²) in [5.74, 6) is -11.2. The second kappa shape index (κ2) is 10.6. The zero-order chi connectivity index (χ0) is 33.7. The molecule has 0 radical (unpaired) electrons. The standard InChI is InChI=1S/C31H37F2NO12/c1-12(2)6-18(36)45-21-23-30-11-43-31(23,27(41)42-5)24(38)19(37)22(30)28(4)9-16(35)20(13(3)14(28)7-17(30)44-26(21)40)46-25(39)15-8-29(32,33)10-34-15/h6,14-15,17,19,21-24,34,37-38H,7-11H2,1-5H3/t14-,15-,17+,19+,21+,22+,23+,24-,28-,30+,31-/m0/s1. The molecule has 1 spiro atoms. The fourth-order valence-corrected chi connectivity index (χ4v) is 9.43. The van der Waals surface area contributed by atoms with Gasteiger partial charge in [-0.25, -0.2) is 28.0 Å². The maximum Gasteiger partial charge on any atom is 0.348 e. The zero-order valence-electron chi connectivity index (χ0n) is 26.0. The highest BCUT2D eigenvalue weighted by atomic mass is 19.3. The molecule has 3 aliphatic carbocycles. The number of fused-ring (bicyclic) bond motifs is 2. The van der Waals surface area contributed by atoms with Crippen molar-refractivity contribution in [1.82, 2.24) is 5.32 Å². The lowest BCUT2D eigenvalue weighted by molar-refractivity contribution is -0.290. The third-order valence-corrected chi connectivity index (χ3v) is 11.1. The zero-order valence-corrected chi connectivity index (χ0v) is 26.0. The van der Waals surface area contributed by atoms with Gasteiger partial charge in [-0.15, -0.1) is 0 Å². The van der Waals surface area contributed by atoms with Gasteiger partial charge >= 0.3 is 23.9 Å². The number of hydrogen-bond donors (Lipinski definition) is 3. The molecular weight excluding hydrogens is 616 g/mol. The molecule has 5 fully saturated rings. The van der Waals surface area contributed by atoms with Gasteiger partial charge in [0.25, 0.3) is 5.92 Å². The number of methoxy groups -OCH3 is 1. The van der Waals surface area contributed by atoms with Crippen LogP contribution in [0.2, 0.25) is 0 Å². The number of allylic oxidation sites excluding steroid dienone is 3. The van der Waals surface area contributed by atoms with Gasteiger partial charge in [0.1, 0.15) is 18.2 Å². The number of aliphatic hydroxyl groups is 2. The van der Waals surface area contributed by atoms with Gasteiger partial charge in [0.15, 0.2) is 11.5 Å². The second-order valence-corrected chi connectivity index (χ2v) is 13.9. The summed E-state index contributed by atoms with van der Waals surface area (Å²) in [5.41, 5.74) is -4.10. The first-order valence-corrected chi connectivity index (χ1v) is 15.2. The van der Waals surface area contributed by atoms with Gasteiger partial charge in [-0.3, -0.25) is 10.1 Å². The lowest BCUT2D eigenvalue weighted by Crippen LogP contribution is -2.79. The van der Waals surface area contributed by atoms with Crippen LogP contribution >= 0.6 is 0 Å². The van der Waals surface area contributed by atoms with E-state index < -0.39 is 113 Å². The van der Waals surface area contributed by atoms with Crippen molar-refractivity contribution in [1.29, 1.82) is 0 Å². The Balaban J connectivity index is 1.44. The fourth-order valence-electron chi connectivity index (χ4n) is 9.43. The number of halogens is 2. The van der Waals surface area contributed by atoms with Crippen LogP contribution in [0, 0.1) is 28.6 Å². The van der Waals surface area contributed by atoms with E-state index in [1.54, 1.807) is 27.7 Å². The Hall–Kier alpha value is -3.27. The van der Waals surface area contributed by atoms with Crippen molar-refractivity contribution in [2.24, 2.45) is 28.6 Å². The van der Waals surface area contributed by atoms with Gasteiger partial charge in [0.05, 0.1) is 32.3 Å². The largest absolute Gasteiger partial charge is 0.467 e. The summed E-state index contributed by atoms with van der Waals surface area (Å²) in [4.78, 5) is 66.5. The number of alkyl halides is 2. The molecule has 15 heteroatoms. The average molecular weight is 654 g/mol. The number of ketones is 1. The predicted molar refractivity (Wildman–Crippen MR) is 147 cm³/mol. The van der Waals surface area contributed by atoms with E-state index in [0.29, 0.717) is 5.57 Å². The number of aliphatic hydroxyl groups excluding tert-OH is 2. The first kappa shape index (κ1) is 32.7. The molecule has 0 amide bonds. The summed E-state index contributed by atoms with van der Waals surface area (Å²) >= 11 is 0. The maximum absolute atomic E-state index is 13.8. The molecule has 252 valence electrons. The highest BCUT2D eigenvalue weighted by molar-refractivity contribution is 5.98. The molecule has 2 saturated carbocycles. The Labute approximate surface area is 262 Å². The van der Waals surface area contributed by atoms with E-state index in [1.165, 1.54) is 0 Å². The number of nitrogens with one attached hydrogen (secondary N) is 1. The van der Waals surface area contributed by atoms with Crippen molar-refractivity contribution in [2.75, 3.05) is 20.3 Å². The van der Waals surface area contributed by atoms with Gasteiger partial charge in [-0.2, -0.15) is 0 Å². The highest BCUT2D eigenvalue weighted by Gasteiger charge is 2.85. The van der Waals surface area contributed by atoms with Gasteiger partial charge in [0.2, 0.25) is 11.7 Å². The Morgan fingerprint density at radius 1 is 1.13 bits per heavy atom. The first-order chi connectivity index (χ1) is 21.4. The van der Waals surface area contributed by atoms with E-state index in [0.717, 1.165) is 13.2 Å². The van der Waals surface area contributed by atoms with Crippen molar-refractivity contribution in [3.05, 3.63) is 23.0 Å². The van der Waals surface area contributed by atoms with Crippen LogP contribution in [0.15, 0.2) is 23.0 Å². The SMILES string of the molecule is COC(=O)[C@@]12OC[C@]34[C@H]([C@@H](O)[C@@H]1O)[C@@]1(C)CC(=O)C(OC(=O)[C@@H]5CC(F)(F)CN5)=C(C)[C@@H]1C[C@H]3OC(=O)[C@H](OC(=O)C=C(C)C)[C@@H]24. The summed E-state index contributed by atoms with van der Waals surface area (Å²) in [6, 6.07) is -1.32. The van der Waals surface area contributed by atoms with Gasteiger partial charge in [-0.1, -0.05) is 12.5 Å². The van der Waals surface area contributed by atoms with Gasteiger partial charge in [-0.05, 0) is 44.1 Å². The molecule has 0 aromatic carbocycles. The summed E-state index contributed by atoms with van der Waals surface area (Å²) in [6.45, 7) is 5.50. The van der Waals surface area contributed by atoms with Crippen LogP contribution in [0.25, 0.3) is 0 Å². The van der Waals surface area contributed by atoms with Crippen molar-refractivity contribution < 1.29 is 66.7 Å². The van der Waals surface area contributed by atoms with E-state index in [1.807, 2.05) is 0 Å². The minimum absolute atomic E-state index is 0.0211. The monoisotopic (exact) mass is 653 g/mol. The highest BCUT2D eigenvalue weighted by Crippen LogP contribution is 2.72. The topological polar surface area (TPSA) is 184 Å². The Morgan fingerprint density at radius 3 is 2.43 bits per heavy atom. The molecule has 2 bridgehead atoms. The average Bonchev–Trinajstić information content (AvgIpc) is 3.49. The van der Waals surface area contributed by atoms with Crippen LogP contribution in [-0.4, -0.2) is 102 Å². The van der Waals surface area contributed by atoms with E-state index in [4.69, 9.17) is 23.7 Å². The lowest BCUT2D eigenvalue weighted by atomic mass is 9.38. The van der Waals surface area contributed by atoms with E-state index in [2.05, 4.69) is 5.32 Å². The molecule has 6 aliphatic rings. The van der Waals surface area contributed by atoms with E-state index in [-0.39, 0.29) is 30.8 Å². The third-order valence-electron chi connectivity index (χ3n) is 11.1. The number of carbonyl (C=O) groups is 5. The number of hydrogen-bond acceptors (Lipinski definition) is 13. The maximum atomic E-state index is 13.8. The van der Waals surface area contributed by atoms with Crippen LogP contribution in [0.3, 0.4) is 0 Å². The molecule has 3 N–H and O–H groups in total. The number of Topliss-reactive ketones (excluding diaryl/α,β-unsaturated/α-hetero) is 1. The van der Waals surface area contributed by atoms with Crippen molar-refractivity contribution in [3.63, 3.8) is 0 Å². The van der Waals surface area contributed by atoms with E-state index in [9.17, 15) is 43.0 Å². The Morgan fingerprint density at radius 2 is 1.83 bits per heavy atom. The van der Waals surface area contributed by atoms with Crippen LogP contribution in [0.4, 0.5) is 8.78 Å². The summed E-state index contributed by atoms with van der Waals surface area (Å²) in [6.07, 6.45) is -6.45. The predicted octanol–water partition coefficient (Wildman–Crippen LogP) is 0.499. The second-order valence-electron chi connectivity index (χ2n) is 13.9. The van der Waals surface area contributed by atoms with Gasteiger partial charge < -0.3 is 33.9 Å². The van der Waals surface area contributed by atoms with Gasteiger partial charge in [0, 0.05) is 30.3 Å². The summed E-state index contributed by atoms with van der Waals surface area (Å²) < 4.78 is 55.6. The van der Waals surface area contributed by atoms with Crippen molar-refractivity contribution in [3.8, 4) is 0 Å². The minimum Gasteiger partial charge on any atom is -0.467 e. The lowest BCUT2D eigenvalue weighted by Gasteiger charge is -2.67. The summed E-state index contributed by atoms with van der Waals surface area (Å²) in [7, 11) is 1.05. The number of carbonyl (C=O) groups excluding carboxylic acids is 5. The number of rotatable bonds is 5. The normalized spacial score (nSPS) is 43.6. The fraction of sp³-hybridized carbons (Fsp3) is 0.710.